The van der Waals surface area contributed by atoms with E-state index in [-0.39, 0.29) is 0 Å². The molecule has 1 amide bonds. The van der Waals surface area contributed by atoms with Gasteiger partial charge in [-0.25, -0.2) is 4.79 Å². The minimum Gasteiger partial charge on any atom is -0.464 e. The number of carbonyl (C=O) groups is 1. The van der Waals surface area contributed by atoms with Crippen molar-refractivity contribution < 1.29 is 13.9 Å². The molecule has 0 unspecified atom stereocenters. The number of hydrogen-bond acceptors (Lipinski definition) is 4. The van der Waals surface area contributed by atoms with Gasteiger partial charge in [-0.15, -0.1) is 0 Å². The summed E-state index contributed by atoms with van der Waals surface area (Å²) in [5.41, 5.74) is 1.06. The van der Waals surface area contributed by atoms with Gasteiger partial charge >= 0.3 is 6.09 Å². The summed E-state index contributed by atoms with van der Waals surface area (Å²) in [5, 5.41) is 6.00. The molecule has 0 saturated carbocycles. The largest absolute Gasteiger partial charge is 0.464 e. The average Bonchev–Trinajstić information content (AvgIpc) is 2.91. The molecule has 0 spiro atoms. The molecule has 1 aromatic carbocycles. The zero-order valence-electron chi connectivity index (χ0n) is 14.1. The molecule has 5 heteroatoms. The topological polar surface area (TPSA) is 63.5 Å². The standard InChI is InChI=1S/C18H24N2O3/c1-5-15-9-10-16(22-15)12-19-13-7-6-8-14(11-13)20-17(21)23-18(2,3)4/h6-11,19H,5,12H2,1-4H3,(H,20,21). The molecule has 0 aliphatic carbocycles. The van der Waals surface area contributed by atoms with Gasteiger partial charge in [0.05, 0.1) is 6.54 Å². The van der Waals surface area contributed by atoms with Crippen LogP contribution in [0.25, 0.3) is 0 Å². The van der Waals surface area contributed by atoms with Crippen LogP contribution in [0.15, 0.2) is 40.8 Å². The fourth-order valence-corrected chi connectivity index (χ4v) is 2.02. The van der Waals surface area contributed by atoms with Crippen LogP contribution in [0.3, 0.4) is 0 Å². The molecule has 0 atom stereocenters. The minimum atomic E-state index is -0.518. The molecule has 2 rings (SSSR count). The summed E-state index contributed by atoms with van der Waals surface area (Å²) in [4.78, 5) is 11.8. The van der Waals surface area contributed by atoms with E-state index in [4.69, 9.17) is 9.15 Å². The van der Waals surface area contributed by atoms with Crippen molar-refractivity contribution in [3.8, 4) is 0 Å². The van der Waals surface area contributed by atoms with Gasteiger partial charge in [-0.1, -0.05) is 13.0 Å². The van der Waals surface area contributed by atoms with Crippen LogP contribution in [0.1, 0.15) is 39.2 Å². The fourth-order valence-electron chi connectivity index (χ4n) is 2.02. The van der Waals surface area contributed by atoms with E-state index in [1.54, 1.807) is 0 Å². The molecule has 1 aromatic heterocycles. The monoisotopic (exact) mass is 316 g/mol. The Bertz CT molecular complexity index is 656. The van der Waals surface area contributed by atoms with Gasteiger partial charge in [-0.3, -0.25) is 5.32 Å². The molecule has 5 nitrogen and oxygen atoms in total. The van der Waals surface area contributed by atoms with Gasteiger partial charge < -0.3 is 14.5 Å². The number of furan rings is 1. The smallest absolute Gasteiger partial charge is 0.412 e. The number of benzene rings is 1. The van der Waals surface area contributed by atoms with E-state index in [0.717, 1.165) is 23.6 Å². The SMILES string of the molecule is CCc1ccc(CNc2cccc(NC(=O)OC(C)(C)C)c2)o1. The van der Waals surface area contributed by atoms with Crippen molar-refractivity contribution >= 4 is 17.5 Å². The van der Waals surface area contributed by atoms with Crippen LogP contribution < -0.4 is 10.6 Å². The Kier molecular flexibility index (Phi) is 5.32. The fraction of sp³-hybridized carbons (Fsp3) is 0.389. The van der Waals surface area contributed by atoms with E-state index in [1.165, 1.54) is 0 Å². The van der Waals surface area contributed by atoms with Crippen molar-refractivity contribution in [3.05, 3.63) is 47.9 Å². The van der Waals surface area contributed by atoms with E-state index >= 15 is 0 Å². The summed E-state index contributed by atoms with van der Waals surface area (Å²) in [6.07, 6.45) is 0.420. The maximum absolute atomic E-state index is 11.8. The van der Waals surface area contributed by atoms with Crippen LogP contribution in [-0.4, -0.2) is 11.7 Å². The Labute approximate surface area is 137 Å². The maximum Gasteiger partial charge on any atom is 0.412 e. The number of ether oxygens (including phenoxy) is 1. The molecule has 0 radical (unpaired) electrons. The number of anilines is 2. The third kappa shape index (κ3) is 5.70. The first kappa shape index (κ1) is 16.9. The van der Waals surface area contributed by atoms with E-state index in [1.807, 2.05) is 57.2 Å². The van der Waals surface area contributed by atoms with Crippen LogP contribution in [0, 0.1) is 0 Å². The van der Waals surface area contributed by atoms with Gasteiger partial charge in [0, 0.05) is 17.8 Å². The number of rotatable bonds is 5. The number of amides is 1. The third-order valence-electron chi connectivity index (χ3n) is 3.04. The Morgan fingerprint density at radius 3 is 2.48 bits per heavy atom. The van der Waals surface area contributed by atoms with Gasteiger partial charge in [-0.05, 0) is 51.1 Å². The summed E-state index contributed by atoms with van der Waals surface area (Å²) in [5.74, 6) is 1.86. The highest BCUT2D eigenvalue weighted by atomic mass is 16.6. The predicted molar refractivity (Wildman–Crippen MR) is 91.7 cm³/mol. The van der Waals surface area contributed by atoms with Crippen molar-refractivity contribution in [2.24, 2.45) is 0 Å². The number of hydrogen-bond donors (Lipinski definition) is 2. The van der Waals surface area contributed by atoms with Gasteiger partial charge in [0.1, 0.15) is 17.1 Å². The first-order chi connectivity index (χ1) is 10.9. The normalized spacial score (nSPS) is 11.1. The number of nitrogens with one attached hydrogen (secondary N) is 2. The van der Waals surface area contributed by atoms with Crippen molar-refractivity contribution in [2.45, 2.75) is 46.3 Å². The van der Waals surface area contributed by atoms with Crippen molar-refractivity contribution in [1.82, 2.24) is 0 Å². The van der Waals surface area contributed by atoms with E-state index in [2.05, 4.69) is 17.6 Å². The Balaban J connectivity index is 1.92. The minimum absolute atomic E-state index is 0.465. The lowest BCUT2D eigenvalue weighted by Gasteiger charge is -2.19. The molecule has 23 heavy (non-hydrogen) atoms. The molecule has 0 saturated heterocycles. The van der Waals surface area contributed by atoms with Crippen molar-refractivity contribution in [2.75, 3.05) is 10.6 Å². The quantitative estimate of drug-likeness (QED) is 0.831. The molecule has 124 valence electrons. The predicted octanol–water partition coefficient (Wildman–Crippen LogP) is 4.80. The first-order valence-corrected chi connectivity index (χ1v) is 7.77. The zero-order valence-corrected chi connectivity index (χ0v) is 14.1. The van der Waals surface area contributed by atoms with Gasteiger partial charge in [-0.2, -0.15) is 0 Å². The second-order valence-electron chi connectivity index (χ2n) is 6.28. The highest BCUT2D eigenvalue weighted by Gasteiger charge is 2.16. The Morgan fingerprint density at radius 1 is 1.13 bits per heavy atom. The summed E-state index contributed by atoms with van der Waals surface area (Å²) in [6, 6.07) is 11.4. The molecule has 2 N–H and O–H groups in total. The van der Waals surface area contributed by atoms with Gasteiger partial charge in [0.25, 0.3) is 0 Å². The van der Waals surface area contributed by atoms with Crippen LogP contribution in [0.4, 0.5) is 16.2 Å². The Morgan fingerprint density at radius 2 is 1.83 bits per heavy atom. The molecule has 0 aliphatic rings. The second kappa shape index (κ2) is 7.22. The van der Waals surface area contributed by atoms with Crippen LogP contribution in [0.2, 0.25) is 0 Å². The lowest BCUT2D eigenvalue weighted by Crippen LogP contribution is -2.27. The van der Waals surface area contributed by atoms with E-state index in [9.17, 15) is 4.79 Å². The molecule has 0 aliphatic heterocycles. The van der Waals surface area contributed by atoms with Crippen LogP contribution >= 0.6 is 0 Å². The lowest BCUT2D eigenvalue weighted by molar-refractivity contribution is 0.0636. The Hall–Kier alpha value is -2.43. The number of carbonyl (C=O) groups excluding carboxylic acids is 1. The highest BCUT2D eigenvalue weighted by Crippen LogP contribution is 2.18. The summed E-state index contributed by atoms with van der Waals surface area (Å²) < 4.78 is 10.9. The zero-order chi connectivity index (χ0) is 16.9. The maximum atomic E-state index is 11.8. The van der Waals surface area contributed by atoms with Crippen LogP contribution in [-0.2, 0) is 17.7 Å². The van der Waals surface area contributed by atoms with Crippen LogP contribution in [0.5, 0.6) is 0 Å². The van der Waals surface area contributed by atoms with Gasteiger partial charge in [0.15, 0.2) is 0 Å². The van der Waals surface area contributed by atoms with E-state index < -0.39 is 11.7 Å². The lowest BCUT2D eigenvalue weighted by atomic mass is 10.2. The third-order valence-corrected chi connectivity index (χ3v) is 3.04. The molecule has 2 aromatic rings. The van der Waals surface area contributed by atoms with E-state index in [0.29, 0.717) is 12.2 Å². The highest BCUT2D eigenvalue weighted by molar-refractivity contribution is 5.85. The summed E-state index contributed by atoms with van der Waals surface area (Å²) >= 11 is 0. The number of aryl methyl sites for hydroxylation is 1. The second-order valence-corrected chi connectivity index (χ2v) is 6.28. The molecule has 1 heterocycles. The van der Waals surface area contributed by atoms with Crippen molar-refractivity contribution in [1.29, 1.82) is 0 Å². The molecule has 0 bridgehead atoms. The molecular formula is C18H24N2O3. The summed E-state index contributed by atoms with van der Waals surface area (Å²) in [6.45, 7) is 8.15. The summed E-state index contributed by atoms with van der Waals surface area (Å²) in [7, 11) is 0. The molecular weight excluding hydrogens is 292 g/mol. The van der Waals surface area contributed by atoms with Gasteiger partial charge in [0.2, 0.25) is 0 Å². The molecule has 0 fully saturated rings. The average molecular weight is 316 g/mol. The van der Waals surface area contributed by atoms with Crippen molar-refractivity contribution in [3.63, 3.8) is 0 Å². The first-order valence-electron chi connectivity index (χ1n) is 7.77.